The van der Waals surface area contributed by atoms with Crippen LogP contribution in [0.4, 0.5) is 17.1 Å². The van der Waals surface area contributed by atoms with Crippen LogP contribution in [0.1, 0.15) is 0 Å². The molecule has 0 fully saturated rings. The number of rotatable bonds is 8. The molecule has 8 rings (SSSR count). The lowest BCUT2D eigenvalue weighted by Crippen LogP contribution is -2.11. The summed E-state index contributed by atoms with van der Waals surface area (Å²) in [4.78, 5) is 2.37. The van der Waals surface area contributed by atoms with E-state index in [4.69, 9.17) is 0 Å². The Kier molecular flexibility index (Phi) is 8.39. The van der Waals surface area contributed by atoms with Gasteiger partial charge < -0.3 is 4.90 Å². The zero-order valence-corrected chi connectivity index (χ0v) is 27.2. The minimum absolute atomic E-state index is 1.10. The highest BCUT2D eigenvalue weighted by molar-refractivity contribution is 5.89. The highest BCUT2D eigenvalue weighted by Gasteiger charge is 2.17. The lowest BCUT2D eigenvalue weighted by atomic mass is 9.98. The summed E-state index contributed by atoms with van der Waals surface area (Å²) >= 11 is 0. The van der Waals surface area contributed by atoms with Gasteiger partial charge in [-0.2, -0.15) is 0 Å². The number of nitrogens with zero attached hydrogens (tertiary/aromatic N) is 1. The lowest BCUT2D eigenvalue weighted by molar-refractivity contribution is 1.28. The largest absolute Gasteiger partial charge is 0.310 e. The molecule has 0 N–H and O–H groups in total. The summed E-state index contributed by atoms with van der Waals surface area (Å²) in [5, 5.41) is 0. The minimum atomic E-state index is 1.10. The number of benzene rings is 8. The van der Waals surface area contributed by atoms with Crippen LogP contribution in [-0.4, -0.2) is 0 Å². The zero-order chi connectivity index (χ0) is 32.8. The van der Waals surface area contributed by atoms with E-state index in [0.29, 0.717) is 0 Å². The van der Waals surface area contributed by atoms with Crippen LogP contribution >= 0.6 is 0 Å². The molecule has 1 nitrogen and oxygen atoms in total. The van der Waals surface area contributed by atoms with Gasteiger partial charge in [-0.1, -0.05) is 170 Å². The SMILES string of the molecule is c1ccc(-c2cccc(-c3ccc(N(c4ccc(-c5cccc(-c6ccccc6)c5)cc4)c4ccccc4-c4ccccc4)cc3)c2)cc1. The molecule has 0 aliphatic rings. The second-order valence-electron chi connectivity index (χ2n) is 12.2. The van der Waals surface area contributed by atoms with Crippen LogP contribution in [0, 0.1) is 0 Å². The van der Waals surface area contributed by atoms with Gasteiger partial charge in [0.2, 0.25) is 0 Å². The predicted molar refractivity (Wildman–Crippen MR) is 208 cm³/mol. The summed E-state index contributed by atoms with van der Waals surface area (Å²) in [6, 6.07) is 75.9. The molecular weight excluding hydrogens is 591 g/mol. The molecule has 0 aliphatic carbocycles. The van der Waals surface area contributed by atoms with Crippen molar-refractivity contribution in [1.29, 1.82) is 0 Å². The molecule has 0 spiro atoms. The molecule has 0 heterocycles. The van der Waals surface area contributed by atoms with Gasteiger partial charge in [0.1, 0.15) is 0 Å². The fourth-order valence-corrected chi connectivity index (χ4v) is 6.58. The zero-order valence-electron chi connectivity index (χ0n) is 27.2. The van der Waals surface area contributed by atoms with Gasteiger partial charge in [0.05, 0.1) is 5.69 Å². The van der Waals surface area contributed by atoms with Gasteiger partial charge in [-0.05, 0) is 92.5 Å². The average Bonchev–Trinajstić information content (AvgIpc) is 3.20. The van der Waals surface area contributed by atoms with Crippen LogP contribution in [-0.2, 0) is 0 Å². The van der Waals surface area contributed by atoms with Gasteiger partial charge in [-0.25, -0.2) is 0 Å². The maximum atomic E-state index is 2.37. The van der Waals surface area contributed by atoms with Crippen LogP contribution in [0.5, 0.6) is 0 Å². The van der Waals surface area contributed by atoms with Crippen molar-refractivity contribution >= 4 is 17.1 Å². The van der Waals surface area contributed by atoms with Crippen molar-refractivity contribution in [3.05, 3.63) is 212 Å². The molecule has 232 valence electrons. The van der Waals surface area contributed by atoms with Gasteiger partial charge >= 0.3 is 0 Å². The van der Waals surface area contributed by atoms with Crippen LogP contribution in [0.15, 0.2) is 212 Å². The minimum Gasteiger partial charge on any atom is -0.310 e. The molecule has 0 saturated heterocycles. The maximum absolute atomic E-state index is 2.37. The van der Waals surface area contributed by atoms with Crippen molar-refractivity contribution in [2.24, 2.45) is 0 Å². The molecule has 0 radical (unpaired) electrons. The van der Waals surface area contributed by atoms with Gasteiger partial charge in [0.15, 0.2) is 0 Å². The summed E-state index contributed by atoms with van der Waals surface area (Å²) in [5.74, 6) is 0. The van der Waals surface area contributed by atoms with Gasteiger partial charge in [0.25, 0.3) is 0 Å². The summed E-state index contributed by atoms with van der Waals surface area (Å²) < 4.78 is 0. The Morgan fingerprint density at radius 2 is 0.551 bits per heavy atom. The fourth-order valence-electron chi connectivity index (χ4n) is 6.58. The first-order valence-corrected chi connectivity index (χ1v) is 16.8. The number of hydrogen-bond donors (Lipinski definition) is 0. The molecule has 8 aromatic carbocycles. The van der Waals surface area contributed by atoms with E-state index in [1.165, 1.54) is 55.6 Å². The number of anilines is 3. The smallest absolute Gasteiger partial charge is 0.0540 e. The Morgan fingerprint density at radius 1 is 0.224 bits per heavy atom. The Morgan fingerprint density at radius 3 is 0.980 bits per heavy atom. The van der Waals surface area contributed by atoms with Gasteiger partial charge in [-0.15, -0.1) is 0 Å². The third kappa shape index (κ3) is 6.43. The molecule has 0 bridgehead atoms. The van der Waals surface area contributed by atoms with E-state index >= 15 is 0 Å². The molecule has 0 unspecified atom stereocenters. The summed E-state index contributed by atoms with van der Waals surface area (Å²) in [6.07, 6.45) is 0. The van der Waals surface area contributed by atoms with Crippen molar-refractivity contribution in [1.82, 2.24) is 0 Å². The van der Waals surface area contributed by atoms with Crippen molar-refractivity contribution < 1.29 is 0 Å². The third-order valence-electron chi connectivity index (χ3n) is 9.09. The molecule has 1 heteroatoms. The maximum Gasteiger partial charge on any atom is 0.0540 e. The molecule has 0 aromatic heterocycles. The van der Waals surface area contributed by atoms with Gasteiger partial charge in [0, 0.05) is 16.9 Å². The van der Waals surface area contributed by atoms with Gasteiger partial charge in [-0.3, -0.25) is 0 Å². The highest BCUT2D eigenvalue weighted by Crippen LogP contribution is 2.42. The van der Waals surface area contributed by atoms with E-state index in [1.807, 2.05) is 0 Å². The molecule has 49 heavy (non-hydrogen) atoms. The van der Waals surface area contributed by atoms with E-state index in [0.717, 1.165) is 17.1 Å². The molecule has 0 saturated carbocycles. The lowest BCUT2D eigenvalue weighted by Gasteiger charge is -2.28. The Hall–Kier alpha value is -6.44. The van der Waals surface area contributed by atoms with Crippen molar-refractivity contribution in [2.75, 3.05) is 4.90 Å². The molecule has 8 aromatic rings. The topological polar surface area (TPSA) is 3.24 Å². The van der Waals surface area contributed by atoms with E-state index in [-0.39, 0.29) is 0 Å². The van der Waals surface area contributed by atoms with Crippen LogP contribution in [0.3, 0.4) is 0 Å². The normalized spacial score (nSPS) is 10.9. The molecular formula is C48H35N. The number of para-hydroxylation sites is 1. The standard InChI is InChI=1S/C48H35N/c1-4-14-36(15-5-1)41-20-12-22-43(34-41)38-26-30-45(31-27-38)49(48-25-11-10-24-47(48)40-18-8-3-9-19-40)46-32-28-39(29-33-46)44-23-13-21-42(35-44)37-16-6-2-7-17-37/h1-35H. The van der Waals surface area contributed by atoms with Crippen molar-refractivity contribution in [3.63, 3.8) is 0 Å². The van der Waals surface area contributed by atoms with E-state index in [1.54, 1.807) is 0 Å². The van der Waals surface area contributed by atoms with Crippen molar-refractivity contribution in [2.45, 2.75) is 0 Å². The summed E-state index contributed by atoms with van der Waals surface area (Å²) in [6.45, 7) is 0. The molecule has 0 atom stereocenters. The Bertz CT molecular complexity index is 2160. The first-order chi connectivity index (χ1) is 24.3. The van der Waals surface area contributed by atoms with E-state index in [9.17, 15) is 0 Å². The van der Waals surface area contributed by atoms with Crippen LogP contribution in [0.25, 0.3) is 55.6 Å². The summed E-state index contributed by atoms with van der Waals surface area (Å²) in [5.41, 5.74) is 15.4. The fraction of sp³-hybridized carbons (Fsp3) is 0. The van der Waals surface area contributed by atoms with E-state index < -0.39 is 0 Å². The summed E-state index contributed by atoms with van der Waals surface area (Å²) in [7, 11) is 0. The monoisotopic (exact) mass is 625 g/mol. The second kappa shape index (κ2) is 13.7. The van der Waals surface area contributed by atoms with E-state index in [2.05, 4.69) is 217 Å². The van der Waals surface area contributed by atoms with Crippen LogP contribution < -0.4 is 4.90 Å². The quantitative estimate of drug-likeness (QED) is 0.162. The Labute approximate surface area is 289 Å². The van der Waals surface area contributed by atoms with Crippen molar-refractivity contribution in [3.8, 4) is 55.6 Å². The highest BCUT2D eigenvalue weighted by atomic mass is 15.1. The molecule has 0 aliphatic heterocycles. The van der Waals surface area contributed by atoms with Crippen LogP contribution in [0.2, 0.25) is 0 Å². The molecule has 0 amide bonds. The number of hydrogen-bond acceptors (Lipinski definition) is 1. The second-order valence-corrected chi connectivity index (χ2v) is 12.2. The third-order valence-corrected chi connectivity index (χ3v) is 9.09. The average molecular weight is 626 g/mol. The Balaban J connectivity index is 1.18. The predicted octanol–water partition coefficient (Wildman–Crippen LogP) is 13.5. The first kappa shape index (κ1) is 29.9. The first-order valence-electron chi connectivity index (χ1n) is 16.8.